The van der Waals surface area contributed by atoms with Crippen LogP contribution in [0.1, 0.15) is 25.8 Å². The fraction of sp³-hybridized carbons (Fsp3) is 0.385. The highest BCUT2D eigenvalue weighted by molar-refractivity contribution is 7.89. The van der Waals surface area contributed by atoms with Crippen LogP contribution in [0.5, 0.6) is 0 Å². The number of hydrogen-bond acceptors (Lipinski definition) is 4. The molecule has 114 valence electrons. The van der Waals surface area contributed by atoms with E-state index < -0.39 is 32.8 Å². The Kier molecular flexibility index (Phi) is 5.04. The number of aliphatic carboxylic acids is 1. The van der Waals surface area contributed by atoms with Gasteiger partial charge in [-0.1, -0.05) is 6.92 Å². The molecule has 0 saturated heterocycles. The second-order valence-electron chi connectivity index (χ2n) is 4.80. The number of halogens is 1. The summed E-state index contributed by atoms with van der Waals surface area (Å²) in [6.45, 7) is 2.75. The Balaban J connectivity index is 3.03. The number of hydrogen-bond donors (Lipinski definition) is 2. The zero-order chi connectivity index (χ0) is 16.3. The summed E-state index contributed by atoms with van der Waals surface area (Å²) in [6, 6.07) is 4.35. The third-order valence-corrected chi connectivity index (χ3v) is 4.72. The number of nitriles is 1. The van der Waals surface area contributed by atoms with Gasteiger partial charge in [-0.15, -0.1) is 0 Å². The zero-order valence-corrected chi connectivity index (χ0v) is 12.4. The molecule has 8 heteroatoms. The number of rotatable bonds is 6. The van der Waals surface area contributed by atoms with Crippen LogP contribution in [-0.4, -0.2) is 26.0 Å². The zero-order valence-electron chi connectivity index (χ0n) is 11.6. The Hall–Kier alpha value is -1.98. The van der Waals surface area contributed by atoms with E-state index >= 15 is 0 Å². The van der Waals surface area contributed by atoms with Gasteiger partial charge in [0, 0.05) is 6.54 Å². The third kappa shape index (κ3) is 3.77. The predicted molar refractivity (Wildman–Crippen MR) is 72.3 cm³/mol. The fourth-order valence-electron chi connectivity index (χ4n) is 1.45. The maximum Gasteiger partial charge on any atom is 0.310 e. The van der Waals surface area contributed by atoms with Crippen LogP contribution in [0.2, 0.25) is 0 Å². The molecule has 0 fully saturated rings. The Morgan fingerprint density at radius 1 is 1.52 bits per heavy atom. The highest BCUT2D eigenvalue weighted by Crippen LogP contribution is 2.21. The van der Waals surface area contributed by atoms with Crippen LogP contribution in [0.15, 0.2) is 23.1 Å². The van der Waals surface area contributed by atoms with Crippen LogP contribution >= 0.6 is 0 Å². The van der Waals surface area contributed by atoms with Gasteiger partial charge in [-0.25, -0.2) is 17.5 Å². The Morgan fingerprint density at radius 3 is 2.62 bits per heavy atom. The average Bonchev–Trinajstić information content (AvgIpc) is 2.44. The maximum atomic E-state index is 13.2. The first-order chi connectivity index (χ1) is 9.66. The van der Waals surface area contributed by atoms with Crippen LogP contribution in [0.3, 0.4) is 0 Å². The van der Waals surface area contributed by atoms with Gasteiger partial charge in [0.2, 0.25) is 10.0 Å². The van der Waals surface area contributed by atoms with Gasteiger partial charge in [0.1, 0.15) is 11.9 Å². The molecule has 0 aliphatic heterocycles. The second kappa shape index (κ2) is 6.20. The number of benzene rings is 1. The minimum atomic E-state index is -4.02. The maximum absolute atomic E-state index is 13.2. The van der Waals surface area contributed by atoms with E-state index in [1.54, 1.807) is 13.0 Å². The Bertz CT molecular complexity index is 697. The number of nitrogens with one attached hydrogen (secondary N) is 1. The lowest BCUT2D eigenvalue weighted by atomic mass is 9.88. The average molecular weight is 314 g/mol. The van der Waals surface area contributed by atoms with Crippen molar-refractivity contribution in [3.05, 3.63) is 29.6 Å². The lowest BCUT2D eigenvalue weighted by Gasteiger charge is -2.23. The molecule has 0 aliphatic carbocycles. The van der Waals surface area contributed by atoms with Crippen molar-refractivity contribution in [1.29, 1.82) is 5.26 Å². The molecule has 6 nitrogen and oxygen atoms in total. The highest BCUT2D eigenvalue weighted by Gasteiger charge is 2.32. The molecule has 1 unspecified atom stereocenters. The van der Waals surface area contributed by atoms with Gasteiger partial charge >= 0.3 is 5.97 Å². The summed E-state index contributed by atoms with van der Waals surface area (Å²) >= 11 is 0. The van der Waals surface area contributed by atoms with E-state index in [9.17, 15) is 17.6 Å². The molecule has 0 aromatic heterocycles. The molecular weight excluding hydrogens is 299 g/mol. The van der Waals surface area contributed by atoms with E-state index in [0.717, 1.165) is 18.2 Å². The molecular formula is C13H15FN2O4S. The largest absolute Gasteiger partial charge is 0.481 e. The van der Waals surface area contributed by atoms with Gasteiger partial charge in [0.05, 0.1) is 15.9 Å². The summed E-state index contributed by atoms with van der Waals surface area (Å²) in [5.74, 6) is -1.94. The van der Waals surface area contributed by atoms with Crippen molar-refractivity contribution in [3.8, 4) is 6.07 Å². The van der Waals surface area contributed by atoms with Crippen molar-refractivity contribution >= 4 is 16.0 Å². The second-order valence-corrected chi connectivity index (χ2v) is 6.56. The smallest absolute Gasteiger partial charge is 0.310 e. The van der Waals surface area contributed by atoms with Crippen LogP contribution < -0.4 is 4.72 Å². The first-order valence-electron chi connectivity index (χ1n) is 6.09. The molecule has 0 heterocycles. The molecule has 0 amide bonds. The summed E-state index contributed by atoms with van der Waals surface area (Å²) < 4.78 is 39.5. The SMILES string of the molecule is CCC(C)(CNS(=O)(=O)c1ccc(F)c(C#N)c1)C(=O)O. The molecule has 1 rings (SSSR count). The molecule has 0 spiro atoms. The van der Waals surface area contributed by atoms with E-state index in [-0.39, 0.29) is 17.9 Å². The molecule has 0 radical (unpaired) electrons. The van der Waals surface area contributed by atoms with Gasteiger partial charge in [-0.05, 0) is 31.5 Å². The summed E-state index contributed by atoms with van der Waals surface area (Å²) in [5.41, 5.74) is -1.64. The van der Waals surface area contributed by atoms with Crippen molar-refractivity contribution < 1.29 is 22.7 Å². The first-order valence-corrected chi connectivity index (χ1v) is 7.57. The highest BCUT2D eigenvalue weighted by atomic mass is 32.2. The number of nitrogens with zero attached hydrogens (tertiary/aromatic N) is 1. The van der Waals surface area contributed by atoms with Crippen molar-refractivity contribution in [2.75, 3.05) is 6.54 Å². The summed E-state index contributed by atoms with van der Waals surface area (Å²) in [4.78, 5) is 10.8. The normalized spacial score (nSPS) is 14.2. The van der Waals surface area contributed by atoms with Gasteiger partial charge in [-0.2, -0.15) is 5.26 Å². The van der Waals surface area contributed by atoms with E-state index in [4.69, 9.17) is 10.4 Å². The number of carboxylic acid groups (broad SMARTS) is 1. The molecule has 0 saturated carbocycles. The first kappa shape index (κ1) is 17.1. The van der Waals surface area contributed by atoms with Crippen molar-refractivity contribution in [2.45, 2.75) is 25.2 Å². The van der Waals surface area contributed by atoms with Crippen LogP contribution in [-0.2, 0) is 14.8 Å². The van der Waals surface area contributed by atoms with Gasteiger partial charge in [-0.3, -0.25) is 4.79 Å². The molecule has 21 heavy (non-hydrogen) atoms. The van der Waals surface area contributed by atoms with Gasteiger partial charge in [0.25, 0.3) is 0 Å². The Labute approximate surface area is 122 Å². The van der Waals surface area contributed by atoms with Crippen LogP contribution in [0.25, 0.3) is 0 Å². The summed E-state index contributed by atoms with van der Waals surface area (Å²) in [5, 5.41) is 17.8. The van der Waals surface area contributed by atoms with Crippen LogP contribution in [0, 0.1) is 22.6 Å². The number of carboxylic acids is 1. The monoisotopic (exact) mass is 314 g/mol. The lowest BCUT2D eigenvalue weighted by molar-refractivity contribution is -0.147. The standard InChI is InChI=1S/C13H15FN2O4S/c1-3-13(2,12(17)18)8-16-21(19,20)10-4-5-11(14)9(6-10)7-15/h4-6,16H,3,8H2,1-2H3,(H,17,18). The van der Waals surface area contributed by atoms with E-state index in [1.165, 1.54) is 6.92 Å². The summed E-state index contributed by atoms with van der Waals surface area (Å²) in [6.07, 6.45) is 0.234. The summed E-state index contributed by atoms with van der Waals surface area (Å²) in [7, 11) is -4.02. The van der Waals surface area contributed by atoms with E-state index in [0.29, 0.717) is 0 Å². The van der Waals surface area contributed by atoms with Gasteiger partial charge in [0.15, 0.2) is 0 Å². The number of carbonyl (C=O) groups is 1. The third-order valence-electron chi connectivity index (χ3n) is 3.32. The van der Waals surface area contributed by atoms with Crippen molar-refractivity contribution in [2.24, 2.45) is 5.41 Å². The van der Waals surface area contributed by atoms with Crippen molar-refractivity contribution in [3.63, 3.8) is 0 Å². The topological polar surface area (TPSA) is 107 Å². The van der Waals surface area contributed by atoms with Crippen molar-refractivity contribution in [1.82, 2.24) is 4.72 Å². The lowest BCUT2D eigenvalue weighted by Crippen LogP contribution is -2.40. The number of sulfonamides is 1. The molecule has 1 aromatic rings. The predicted octanol–water partition coefficient (Wildman–Crippen LogP) is 1.48. The fourth-order valence-corrected chi connectivity index (χ4v) is 2.64. The minimum Gasteiger partial charge on any atom is -0.481 e. The van der Waals surface area contributed by atoms with Gasteiger partial charge < -0.3 is 5.11 Å². The molecule has 1 aromatic carbocycles. The molecule has 2 N–H and O–H groups in total. The quantitative estimate of drug-likeness (QED) is 0.827. The van der Waals surface area contributed by atoms with E-state index in [1.807, 2.05) is 0 Å². The minimum absolute atomic E-state index is 0.234. The van der Waals surface area contributed by atoms with Crippen LogP contribution in [0.4, 0.5) is 4.39 Å². The van der Waals surface area contributed by atoms with E-state index in [2.05, 4.69) is 4.72 Å². The Morgan fingerprint density at radius 2 is 2.14 bits per heavy atom. The molecule has 0 bridgehead atoms. The molecule has 0 aliphatic rings. The molecule has 1 atom stereocenters.